The quantitative estimate of drug-likeness (QED) is 0.719. The van der Waals surface area contributed by atoms with Crippen LogP contribution in [-0.2, 0) is 3.07 Å². The summed E-state index contributed by atoms with van der Waals surface area (Å²) in [5.74, 6) is 0. The van der Waals surface area contributed by atoms with Crippen molar-refractivity contribution < 1.29 is 3.07 Å². The van der Waals surface area contributed by atoms with E-state index in [1.165, 1.54) is 0 Å². The predicted molar refractivity (Wildman–Crippen MR) is 59.4 cm³/mol. The molecular formula is C6H6Cl3IO. The Morgan fingerprint density at radius 2 is 1.55 bits per heavy atom. The van der Waals surface area contributed by atoms with E-state index < -0.39 is 21.2 Å². The Balaban J connectivity index is 0. The van der Waals surface area contributed by atoms with E-state index >= 15 is 0 Å². The molecule has 0 bridgehead atoms. The molecule has 0 aliphatic rings. The third-order valence-electron chi connectivity index (χ3n) is 0.893. The molecule has 1 rings (SSSR count). The number of hydrogen-bond donors (Lipinski definition) is 0. The summed E-state index contributed by atoms with van der Waals surface area (Å²) in [5, 5.41) is 0.691. The van der Waals surface area contributed by atoms with Crippen LogP contribution in [0.2, 0.25) is 5.02 Å². The molecule has 5 heteroatoms. The first-order valence-corrected chi connectivity index (χ1v) is 4.69. The lowest BCUT2D eigenvalue weighted by Gasteiger charge is -1.86. The van der Waals surface area contributed by atoms with Crippen molar-refractivity contribution in [2.45, 2.75) is 0 Å². The molecule has 0 amide bonds. The second-order valence-electron chi connectivity index (χ2n) is 1.51. The molecule has 0 fully saturated rings. The van der Waals surface area contributed by atoms with Crippen molar-refractivity contribution in [3.8, 4) is 0 Å². The second-order valence-corrected chi connectivity index (χ2v) is 3.64. The Bertz CT molecular complexity index is 212. The van der Waals surface area contributed by atoms with Crippen molar-refractivity contribution in [1.82, 2.24) is 0 Å². The third kappa shape index (κ3) is 4.95. The summed E-state index contributed by atoms with van der Waals surface area (Å²) in [6.45, 7) is 0. The molecule has 0 unspecified atom stereocenters. The van der Waals surface area contributed by atoms with Gasteiger partial charge in [0.2, 0.25) is 0 Å². The van der Waals surface area contributed by atoms with E-state index in [1.54, 1.807) is 24.3 Å². The lowest BCUT2D eigenvalue weighted by molar-refractivity contribution is 0.648. The smallest absolute Gasteiger partial charge is 0.182 e. The monoisotopic (exact) mass is 326 g/mol. The van der Waals surface area contributed by atoms with Gasteiger partial charge in [-0.3, -0.25) is 3.07 Å². The second kappa shape index (κ2) is 7.28. The maximum atomic E-state index is 10.3. The highest BCUT2D eigenvalue weighted by atomic mass is 127. The van der Waals surface area contributed by atoms with Gasteiger partial charge in [0.1, 0.15) is 0 Å². The van der Waals surface area contributed by atoms with Crippen LogP contribution in [0.5, 0.6) is 0 Å². The maximum absolute atomic E-state index is 10.3. The van der Waals surface area contributed by atoms with Gasteiger partial charge in [0.15, 0.2) is 21.2 Å². The van der Waals surface area contributed by atoms with Crippen molar-refractivity contribution >= 4 is 57.6 Å². The molecule has 0 heterocycles. The zero-order valence-corrected chi connectivity index (χ0v) is 9.84. The minimum absolute atomic E-state index is 0. The van der Waals surface area contributed by atoms with Crippen LogP contribution in [0.4, 0.5) is 0 Å². The van der Waals surface area contributed by atoms with Gasteiger partial charge in [0.25, 0.3) is 0 Å². The molecule has 0 saturated carbocycles. The van der Waals surface area contributed by atoms with Crippen LogP contribution in [0.3, 0.4) is 0 Å². The highest BCUT2D eigenvalue weighted by Crippen LogP contribution is 2.13. The van der Waals surface area contributed by atoms with Gasteiger partial charge >= 0.3 is 0 Å². The van der Waals surface area contributed by atoms with E-state index in [-0.39, 0.29) is 24.8 Å². The first kappa shape index (κ1) is 14.2. The third-order valence-corrected chi connectivity index (χ3v) is 2.37. The zero-order chi connectivity index (χ0) is 6.69. The van der Waals surface area contributed by atoms with Crippen LogP contribution in [0.1, 0.15) is 0 Å². The Kier molecular flexibility index (Phi) is 9.37. The largest absolute Gasteiger partial charge is 0.265 e. The van der Waals surface area contributed by atoms with Gasteiger partial charge in [-0.15, -0.1) is 24.8 Å². The molecule has 11 heavy (non-hydrogen) atoms. The molecule has 1 aromatic rings. The van der Waals surface area contributed by atoms with E-state index in [0.717, 1.165) is 3.57 Å². The number of hydrogen-bond acceptors (Lipinski definition) is 1. The maximum Gasteiger partial charge on any atom is 0.182 e. The zero-order valence-electron chi connectivity index (χ0n) is 5.29. The summed E-state index contributed by atoms with van der Waals surface area (Å²) in [5.41, 5.74) is 0. The van der Waals surface area contributed by atoms with Gasteiger partial charge in [-0.2, -0.15) is 0 Å². The first-order chi connectivity index (χ1) is 4.33. The molecule has 0 saturated heterocycles. The predicted octanol–water partition coefficient (Wildman–Crippen LogP) is 3.67. The minimum atomic E-state index is -1.01. The van der Waals surface area contributed by atoms with Crippen molar-refractivity contribution in [1.29, 1.82) is 0 Å². The van der Waals surface area contributed by atoms with Crippen molar-refractivity contribution in [3.05, 3.63) is 32.9 Å². The fourth-order valence-electron chi connectivity index (χ4n) is 0.481. The van der Waals surface area contributed by atoms with Crippen molar-refractivity contribution in [2.24, 2.45) is 0 Å². The molecule has 0 aliphatic heterocycles. The Hall–Kier alpha value is 0.620. The number of benzene rings is 1. The first-order valence-electron chi connectivity index (χ1n) is 2.35. The molecule has 0 spiro atoms. The van der Waals surface area contributed by atoms with Gasteiger partial charge < -0.3 is 0 Å². The topological polar surface area (TPSA) is 17.1 Å². The highest BCUT2D eigenvalue weighted by Gasteiger charge is 1.87. The molecule has 1 nitrogen and oxygen atoms in total. The molecule has 0 radical (unpaired) electrons. The summed E-state index contributed by atoms with van der Waals surface area (Å²) in [6, 6.07) is 7.05. The van der Waals surface area contributed by atoms with E-state index in [4.69, 9.17) is 11.6 Å². The summed E-state index contributed by atoms with van der Waals surface area (Å²) in [6.07, 6.45) is 0. The summed E-state index contributed by atoms with van der Waals surface area (Å²) < 4.78 is 11.2. The average Bonchev–Trinajstić information content (AvgIpc) is 1.90. The number of rotatable bonds is 1. The van der Waals surface area contributed by atoms with Gasteiger partial charge in [-0.05, 0) is 24.3 Å². The van der Waals surface area contributed by atoms with E-state index in [9.17, 15) is 3.07 Å². The van der Waals surface area contributed by atoms with Gasteiger partial charge in [-0.25, -0.2) is 0 Å². The molecule has 1 aromatic carbocycles. The summed E-state index contributed by atoms with van der Waals surface area (Å²) >= 11 is 4.57. The van der Waals surface area contributed by atoms with Crippen LogP contribution >= 0.6 is 57.6 Å². The van der Waals surface area contributed by atoms with Crippen LogP contribution in [-0.4, -0.2) is 0 Å². The van der Waals surface area contributed by atoms with Crippen LogP contribution in [0.15, 0.2) is 24.3 Å². The van der Waals surface area contributed by atoms with Crippen LogP contribution in [0, 0.1) is 3.57 Å². The van der Waals surface area contributed by atoms with Gasteiger partial charge in [0, 0.05) is 8.59 Å². The van der Waals surface area contributed by atoms with Gasteiger partial charge in [-0.1, -0.05) is 11.6 Å². The lowest BCUT2D eigenvalue weighted by Crippen LogP contribution is -1.66. The SMILES string of the molecule is Cl.Cl.O=Ic1ccc(Cl)cc1. The highest BCUT2D eigenvalue weighted by molar-refractivity contribution is 14.1. The van der Waals surface area contributed by atoms with Gasteiger partial charge in [0.05, 0.1) is 0 Å². The van der Waals surface area contributed by atoms with E-state index in [0.29, 0.717) is 5.02 Å². The number of halogens is 4. The molecule has 0 aromatic heterocycles. The van der Waals surface area contributed by atoms with Crippen molar-refractivity contribution in [2.75, 3.05) is 0 Å². The standard InChI is InChI=1S/C6H4ClIO.2ClH/c7-5-1-3-6(8-9)4-2-5;;/h1-4H;2*1H. The van der Waals surface area contributed by atoms with Crippen LogP contribution < -0.4 is 0 Å². The summed E-state index contributed by atoms with van der Waals surface area (Å²) in [4.78, 5) is 0. The lowest BCUT2D eigenvalue weighted by atomic mass is 10.4. The molecule has 0 N–H and O–H groups in total. The molecular weight excluding hydrogens is 321 g/mol. The average molecular weight is 327 g/mol. The molecule has 0 atom stereocenters. The minimum Gasteiger partial charge on any atom is -0.265 e. The summed E-state index contributed by atoms with van der Waals surface area (Å²) in [7, 11) is 0. The normalized spacial score (nSPS) is 7.73. The molecule has 64 valence electrons. The van der Waals surface area contributed by atoms with Crippen molar-refractivity contribution in [3.63, 3.8) is 0 Å². The fourth-order valence-corrected chi connectivity index (χ4v) is 1.26. The fraction of sp³-hybridized carbons (Fsp3) is 0. The Morgan fingerprint density at radius 3 is 1.91 bits per heavy atom. The van der Waals surface area contributed by atoms with E-state index in [1.807, 2.05) is 0 Å². The van der Waals surface area contributed by atoms with Crippen LogP contribution in [0.25, 0.3) is 0 Å². The Labute approximate surface area is 93.0 Å². The van der Waals surface area contributed by atoms with E-state index in [2.05, 4.69) is 0 Å². The molecule has 0 aliphatic carbocycles. The Morgan fingerprint density at radius 1 is 1.09 bits per heavy atom.